The van der Waals surface area contributed by atoms with E-state index in [1.165, 1.54) is 0 Å². The number of amides is 2. The van der Waals surface area contributed by atoms with Crippen LogP contribution < -0.4 is 10.6 Å². The second kappa shape index (κ2) is 11.9. The average molecular weight is 481 g/mol. The van der Waals surface area contributed by atoms with Gasteiger partial charge in [-0.3, -0.25) is 9.59 Å². The van der Waals surface area contributed by atoms with Crippen molar-refractivity contribution in [1.82, 2.24) is 10.6 Å². The van der Waals surface area contributed by atoms with Gasteiger partial charge in [0.05, 0.1) is 6.42 Å². The lowest BCUT2D eigenvalue weighted by Crippen LogP contribution is -2.49. The number of rotatable bonds is 11. The quantitative estimate of drug-likeness (QED) is 0.428. The molecule has 1 aliphatic rings. The Balaban J connectivity index is 1.62. The summed E-state index contributed by atoms with van der Waals surface area (Å²) in [5.41, 5.74) is 4.54. The Morgan fingerprint density at radius 2 is 1.51 bits per heavy atom. The third-order valence-electron chi connectivity index (χ3n) is 6.58. The van der Waals surface area contributed by atoms with Crippen LogP contribution >= 0.6 is 0 Å². The summed E-state index contributed by atoms with van der Waals surface area (Å²) in [6.45, 7) is 8.22. The second-order valence-electron chi connectivity index (χ2n) is 10.00. The molecule has 0 bridgehead atoms. The van der Waals surface area contributed by atoms with Crippen LogP contribution in [0, 0.1) is 17.8 Å². The predicted octanol–water partition coefficient (Wildman–Crippen LogP) is 4.80. The molecule has 2 amide bonds. The van der Waals surface area contributed by atoms with Gasteiger partial charge in [0.25, 0.3) is 0 Å². The molecule has 2 atom stereocenters. The van der Waals surface area contributed by atoms with E-state index in [1.54, 1.807) is 0 Å². The maximum Gasteiger partial charge on any atom is 0.407 e. The van der Waals surface area contributed by atoms with Crippen molar-refractivity contribution < 1.29 is 24.2 Å². The monoisotopic (exact) mass is 480 g/mol. The van der Waals surface area contributed by atoms with Crippen LogP contribution in [0.1, 0.15) is 57.6 Å². The lowest BCUT2D eigenvalue weighted by atomic mass is 9.92. The topological polar surface area (TPSA) is 105 Å². The van der Waals surface area contributed by atoms with Gasteiger partial charge in [-0.25, -0.2) is 4.79 Å². The van der Waals surface area contributed by atoms with Gasteiger partial charge in [0.15, 0.2) is 0 Å². The molecule has 2 aromatic carbocycles. The van der Waals surface area contributed by atoms with Gasteiger partial charge in [-0.1, -0.05) is 76.2 Å². The number of benzene rings is 2. The van der Waals surface area contributed by atoms with Gasteiger partial charge in [-0.15, -0.1) is 0 Å². The van der Waals surface area contributed by atoms with Crippen molar-refractivity contribution in [1.29, 1.82) is 0 Å². The molecule has 3 rings (SSSR count). The number of carboxylic acids is 1. The van der Waals surface area contributed by atoms with Crippen molar-refractivity contribution in [3.8, 4) is 11.1 Å². The summed E-state index contributed by atoms with van der Waals surface area (Å²) in [6, 6.07) is 15.5. The molecule has 0 saturated heterocycles. The minimum atomic E-state index is -0.895. The van der Waals surface area contributed by atoms with Gasteiger partial charge in [0, 0.05) is 12.5 Å². The largest absolute Gasteiger partial charge is 0.481 e. The van der Waals surface area contributed by atoms with Crippen LogP contribution in [0.2, 0.25) is 0 Å². The summed E-state index contributed by atoms with van der Waals surface area (Å²) < 4.78 is 5.61. The number of carbonyl (C=O) groups is 3. The molecule has 2 aromatic rings. The summed E-state index contributed by atoms with van der Waals surface area (Å²) >= 11 is 0. The summed E-state index contributed by atoms with van der Waals surface area (Å²) in [5, 5.41) is 14.7. The molecule has 7 nitrogen and oxygen atoms in total. The van der Waals surface area contributed by atoms with Crippen LogP contribution in [0.25, 0.3) is 11.1 Å². The molecule has 0 aromatic heterocycles. The van der Waals surface area contributed by atoms with Gasteiger partial charge >= 0.3 is 12.1 Å². The number of ether oxygens (including phenoxy) is 1. The van der Waals surface area contributed by atoms with Crippen LogP contribution in [-0.4, -0.2) is 42.3 Å². The summed E-state index contributed by atoms with van der Waals surface area (Å²) in [6.07, 6.45) is -0.216. The highest BCUT2D eigenvalue weighted by Crippen LogP contribution is 2.44. The first-order chi connectivity index (χ1) is 16.7. The Bertz CT molecular complexity index is 1000. The second-order valence-corrected chi connectivity index (χ2v) is 10.00. The van der Waals surface area contributed by atoms with E-state index >= 15 is 0 Å². The maximum absolute atomic E-state index is 12.9. The van der Waals surface area contributed by atoms with Crippen LogP contribution in [0.4, 0.5) is 4.79 Å². The Kier molecular flexibility index (Phi) is 8.90. The van der Waals surface area contributed by atoms with Crippen LogP contribution in [0.15, 0.2) is 48.5 Å². The molecule has 0 saturated carbocycles. The number of aliphatic carboxylic acids is 1. The smallest absolute Gasteiger partial charge is 0.407 e. The van der Waals surface area contributed by atoms with Gasteiger partial charge in [0.1, 0.15) is 12.6 Å². The highest BCUT2D eigenvalue weighted by atomic mass is 16.5. The zero-order chi connectivity index (χ0) is 25.5. The normalized spacial score (nSPS) is 14.2. The van der Waals surface area contributed by atoms with Crippen molar-refractivity contribution in [2.24, 2.45) is 17.8 Å². The fourth-order valence-electron chi connectivity index (χ4n) is 4.61. The molecular formula is C28H36N2O5. The predicted molar refractivity (Wildman–Crippen MR) is 135 cm³/mol. The van der Waals surface area contributed by atoms with Crippen molar-refractivity contribution in [2.45, 2.75) is 52.5 Å². The molecule has 7 heteroatoms. The van der Waals surface area contributed by atoms with Crippen molar-refractivity contribution in [3.63, 3.8) is 0 Å². The Morgan fingerprint density at radius 1 is 0.943 bits per heavy atom. The minimum absolute atomic E-state index is 0.0212. The number of fused-ring (bicyclic) bond motifs is 3. The van der Waals surface area contributed by atoms with E-state index in [2.05, 4.69) is 34.9 Å². The molecule has 188 valence electrons. The summed E-state index contributed by atoms with van der Waals surface area (Å²) in [7, 11) is 0. The number of nitrogens with one attached hydrogen (secondary N) is 2. The molecule has 0 spiro atoms. The van der Waals surface area contributed by atoms with Crippen molar-refractivity contribution in [3.05, 3.63) is 59.7 Å². The van der Waals surface area contributed by atoms with Gasteiger partial charge in [-0.2, -0.15) is 0 Å². The Morgan fingerprint density at radius 3 is 2.03 bits per heavy atom. The van der Waals surface area contributed by atoms with Gasteiger partial charge in [0.2, 0.25) is 5.91 Å². The zero-order valence-electron chi connectivity index (χ0n) is 20.9. The molecule has 1 unspecified atom stereocenters. The standard InChI is InChI=1S/C28H36N2O5/c1-17(2)13-25(27(33)29-15-19(18(3)4)14-26(31)32)30-28(34)35-16-24-22-11-7-5-9-20(22)21-10-6-8-12-23(21)24/h5-12,17-19,24-25H,13-16H2,1-4H3,(H,29,33)(H,30,34)(H,31,32)/t19?,25-/m1/s1. The lowest BCUT2D eigenvalue weighted by Gasteiger charge is -2.24. The molecule has 0 heterocycles. The Hall–Kier alpha value is -3.35. The summed E-state index contributed by atoms with van der Waals surface area (Å²) in [5.74, 6) is -1.21. The number of alkyl carbamates (subject to hydrolysis) is 1. The molecule has 35 heavy (non-hydrogen) atoms. The van der Waals surface area contributed by atoms with E-state index in [9.17, 15) is 14.4 Å². The summed E-state index contributed by atoms with van der Waals surface area (Å²) in [4.78, 5) is 36.7. The fraction of sp³-hybridized carbons (Fsp3) is 0.464. The third kappa shape index (κ3) is 6.84. The SMILES string of the molecule is CC(C)C[C@@H](NC(=O)OCC1c2ccccc2-c2ccccc21)C(=O)NCC(CC(=O)O)C(C)C. The first-order valence-electron chi connectivity index (χ1n) is 12.3. The molecule has 0 radical (unpaired) electrons. The van der Waals surface area contributed by atoms with Crippen molar-refractivity contribution in [2.75, 3.05) is 13.2 Å². The van der Waals surface area contributed by atoms with Crippen molar-refractivity contribution >= 4 is 18.0 Å². The lowest BCUT2D eigenvalue weighted by molar-refractivity contribution is -0.138. The van der Waals surface area contributed by atoms with Crippen LogP contribution in [0.3, 0.4) is 0 Å². The first kappa shape index (κ1) is 26.3. The first-order valence-corrected chi connectivity index (χ1v) is 12.3. The molecule has 1 aliphatic carbocycles. The highest BCUT2D eigenvalue weighted by Gasteiger charge is 2.30. The molecular weight excluding hydrogens is 444 g/mol. The molecule has 3 N–H and O–H groups in total. The van der Waals surface area contributed by atoms with Gasteiger partial charge in [-0.05, 0) is 46.4 Å². The number of hydrogen-bond acceptors (Lipinski definition) is 4. The Labute approximate surface area is 207 Å². The maximum atomic E-state index is 12.9. The van der Waals surface area contributed by atoms with Crippen LogP contribution in [0.5, 0.6) is 0 Å². The number of carbonyl (C=O) groups excluding carboxylic acids is 2. The fourth-order valence-corrected chi connectivity index (χ4v) is 4.61. The third-order valence-corrected chi connectivity index (χ3v) is 6.58. The van der Waals surface area contributed by atoms with Gasteiger partial charge < -0.3 is 20.5 Å². The van der Waals surface area contributed by atoms with E-state index in [-0.39, 0.29) is 49.2 Å². The van der Waals surface area contributed by atoms with E-state index < -0.39 is 18.1 Å². The molecule has 0 fully saturated rings. The molecule has 0 aliphatic heterocycles. The zero-order valence-corrected chi connectivity index (χ0v) is 20.9. The van der Waals surface area contributed by atoms with E-state index in [0.717, 1.165) is 22.3 Å². The number of hydrogen-bond donors (Lipinski definition) is 3. The number of carboxylic acid groups (broad SMARTS) is 1. The van der Waals surface area contributed by atoms with Crippen LogP contribution in [-0.2, 0) is 14.3 Å². The van der Waals surface area contributed by atoms with E-state index in [0.29, 0.717) is 6.42 Å². The van der Waals surface area contributed by atoms with E-state index in [1.807, 2.05) is 52.0 Å². The highest BCUT2D eigenvalue weighted by molar-refractivity contribution is 5.85. The average Bonchev–Trinajstić information content (AvgIpc) is 3.13. The van der Waals surface area contributed by atoms with E-state index in [4.69, 9.17) is 9.84 Å². The minimum Gasteiger partial charge on any atom is -0.481 e.